The lowest BCUT2D eigenvalue weighted by Gasteiger charge is -2.39. The molecular formula is C21H30N4O2. The second-order valence-corrected chi connectivity index (χ2v) is 7.42. The number of benzene rings is 1. The number of fused-ring (bicyclic) bond motifs is 1. The number of anilines is 1. The largest absolute Gasteiger partial charge is 0.353 e. The average molecular weight is 370 g/mol. The van der Waals surface area contributed by atoms with Crippen LogP contribution in [0.2, 0.25) is 0 Å². The molecule has 2 heterocycles. The van der Waals surface area contributed by atoms with E-state index in [1.807, 2.05) is 47.9 Å². The van der Waals surface area contributed by atoms with Crippen molar-refractivity contribution in [1.82, 2.24) is 14.5 Å². The van der Waals surface area contributed by atoms with Crippen LogP contribution in [0.5, 0.6) is 0 Å². The molecule has 1 amide bonds. The first-order valence-electron chi connectivity index (χ1n) is 10.0. The third-order valence-corrected chi connectivity index (χ3v) is 5.67. The number of piperidine rings is 1. The summed E-state index contributed by atoms with van der Waals surface area (Å²) >= 11 is 0. The highest BCUT2D eigenvalue weighted by atomic mass is 16.2. The molecular weight excluding hydrogens is 340 g/mol. The third kappa shape index (κ3) is 3.70. The molecule has 1 aliphatic rings. The Balaban J connectivity index is 2.06. The molecule has 0 unspecified atom stereocenters. The van der Waals surface area contributed by atoms with Crippen LogP contribution in [0.15, 0.2) is 29.1 Å². The minimum absolute atomic E-state index is 0.0126. The van der Waals surface area contributed by atoms with Gasteiger partial charge in [0, 0.05) is 25.2 Å². The van der Waals surface area contributed by atoms with Crippen molar-refractivity contribution in [2.24, 2.45) is 0 Å². The fourth-order valence-electron chi connectivity index (χ4n) is 4.19. The molecule has 0 saturated carbocycles. The molecule has 2 aromatic rings. The van der Waals surface area contributed by atoms with Gasteiger partial charge in [-0.05, 0) is 59.1 Å². The maximum Gasteiger partial charge on any atom is 0.294 e. The predicted molar refractivity (Wildman–Crippen MR) is 109 cm³/mol. The second-order valence-electron chi connectivity index (χ2n) is 7.42. The van der Waals surface area contributed by atoms with E-state index >= 15 is 0 Å². The summed E-state index contributed by atoms with van der Waals surface area (Å²) in [6.45, 7) is 9.67. The van der Waals surface area contributed by atoms with Gasteiger partial charge in [0.15, 0.2) is 5.82 Å². The summed E-state index contributed by atoms with van der Waals surface area (Å²) in [4.78, 5) is 34.8. The van der Waals surface area contributed by atoms with Gasteiger partial charge < -0.3 is 9.80 Å². The quantitative estimate of drug-likeness (QED) is 0.812. The fourth-order valence-corrected chi connectivity index (χ4v) is 4.19. The van der Waals surface area contributed by atoms with E-state index in [9.17, 15) is 9.59 Å². The zero-order valence-corrected chi connectivity index (χ0v) is 16.8. The van der Waals surface area contributed by atoms with Gasteiger partial charge in [0.25, 0.3) is 5.56 Å². The van der Waals surface area contributed by atoms with Crippen molar-refractivity contribution < 1.29 is 4.79 Å². The molecule has 1 aromatic heterocycles. The number of carbonyl (C=O) groups excluding carboxylic acids is 1. The van der Waals surface area contributed by atoms with Crippen LogP contribution in [-0.2, 0) is 11.3 Å². The molecule has 0 radical (unpaired) electrons. The first-order valence-corrected chi connectivity index (χ1v) is 10.0. The van der Waals surface area contributed by atoms with Crippen LogP contribution >= 0.6 is 0 Å². The highest BCUT2D eigenvalue weighted by Crippen LogP contribution is 2.23. The van der Waals surface area contributed by atoms with Gasteiger partial charge in [-0.2, -0.15) is 0 Å². The second kappa shape index (κ2) is 8.11. The number of para-hydroxylation sites is 2. The van der Waals surface area contributed by atoms with E-state index in [-0.39, 0.29) is 30.1 Å². The van der Waals surface area contributed by atoms with E-state index in [2.05, 4.69) is 18.8 Å². The Morgan fingerprint density at radius 1 is 1.15 bits per heavy atom. The van der Waals surface area contributed by atoms with Crippen LogP contribution < -0.4 is 10.5 Å². The smallest absolute Gasteiger partial charge is 0.294 e. The normalized spacial score (nSPS) is 20.1. The fraction of sp³-hybridized carbons (Fsp3) is 0.571. The molecule has 0 aliphatic carbocycles. The number of aromatic nitrogens is 2. The first-order chi connectivity index (χ1) is 13.0. The van der Waals surface area contributed by atoms with Gasteiger partial charge in [-0.25, -0.2) is 4.98 Å². The highest BCUT2D eigenvalue weighted by molar-refractivity contribution is 5.81. The van der Waals surface area contributed by atoms with E-state index in [4.69, 9.17) is 0 Å². The molecule has 2 atom stereocenters. The molecule has 1 saturated heterocycles. The molecule has 6 heteroatoms. The minimum Gasteiger partial charge on any atom is -0.353 e. The lowest BCUT2D eigenvalue weighted by atomic mass is 9.97. The molecule has 27 heavy (non-hydrogen) atoms. The van der Waals surface area contributed by atoms with Crippen LogP contribution in [0.3, 0.4) is 0 Å². The average Bonchev–Trinajstić information content (AvgIpc) is 2.65. The summed E-state index contributed by atoms with van der Waals surface area (Å²) in [5.74, 6) is 0.435. The number of hydrogen-bond donors (Lipinski definition) is 0. The van der Waals surface area contributed by atoms with Gasteiger partial charge in [-0.15, -0.1) is 0 Å². The van der Waals surface area contributed by atoms with E-state index in [1.165, 1.54) is 0 Å². The topological polar surface area (TPSA) is 58.4 Å². The summed E-state index contributed by atoms with van der Waals surface area (Å²) in [6.07, 6.45) is 3.19. The zero-order valence-electron chi connectivity index (χ0n) is 16.8. The summed E-state index contributed by atoms with van der Waals surface area (Å²) in [7, 11) is 0. The molecule has 1 fully saturated rings. The summed E-state index contributed by atoms with van der Waals surface area (Å²) in [5, 5.41) is 0. The summed E-state index contributed by atoms with van der Waals surface area (Å²) in [5.41, 5.74) is 1.26. The van der Waals surface area contributed by atoms with Crippen molar-refractivity contribution in [1.29, 1.82) is 0 Å². The van der Waals surface area contributed by atoms with Gasteiger partial charge in [-0.1, -0.05) is 12.1 Å². The van der Waals surface area contributed by atoms with Crippen molar-refractivity contribution in [3.05, 3.63) is 34.6 Å². The van der Waals surface area contributed by atoms with Crippen molar-refractivity contribution in [2.75, 3.05) is 18.0 Å². The van der Waals surface area contributed by atoms with Gasteiger partial charge in [0.05, 0.1) is 11.0 Å². The van der Waals surface area contributed by atoms with Gasteiger partial charge >= 0.3 is 0 Å². The van der Waals surface area contributed by atoms with E-state index < -0.39 is 0 Å². The first kappa shape index (κ1) is 19.4. The molecule has 1 aliphatic heterocycles. The van der Waals surface area contributed by atoms with Crippen LogP contribution in [-0.4, -0.2) is 45.5 Å². The molecule has 6 nitrogen and oxygen atoms in total. The Morgan fingerprint density at radius 2 is 1.78 bits per heavy atom. The van der Waals surface area contributed by atoms with Gasteiger partial charge in [-0.3, -0.25) is 14.2 Å². The van der Waals surface area contributed by atoms with Crippen molar-refractivity contribution in [3.63, 3.8) is 0 Å². The lowest BCUT2D eigenvalue weighted by Crippen LogP contribution is -2.49. The number of likely N-dealkylation sites (tertiary alicyclic amines) is 1. The van der Waals surface area contributed by atoms with Gasteiger partial charge in [0.2, 0.25) is 5.91 Å². The highest BCUT2D eigenvalue weighted by Gasteiger charge is 2.29. The molecule has 1 aromatic carbocycles. The van der Waals surface area contributed by atoms with Gasteiger partial charge in [0.1, 0.15) is 6.54 Å². The summed E-state index contributed by atoms with van der Waals surface area (Å²) < 4.78 is 1.60. The van der Waals surface area contributed by atoms with E-state index in [1.54, 1.807) is 4.57 Å². The van der Waals surface area contributed by atoms with E-state index in [0.717, 1.165) is 24.8 Å². The Bertz CT molecular complexity index is 862. The molecule has 3 rings (SSSR count). The van der Waals surface area contributed by atoms with Crippen LogP contribution in [0, 0.1) is 0 Å². The molecule has 0 bridgehead atoms. The predicted octanol–water partition coefficient (Wildman–Crippen LogP) is 3.03. The molecule has 146 valence electrons. The van der Waals surface area contributed by atoms with Crippen LogP contribution in [0.1, 0.15) is 47.0 Å². The maximum atomic E-state index is 13.2. The van der Waals surface area contributed by atoms with Crippen molar-refractivity contribution in [3.8, 4) is 0 Å². The Morgan fingerprint density at radius 3 is 2.41 bits per heavy atom. The van der Waals surface area contributed by atoms with Crippen molar-refractivity contribution in [2.45, 2.75) is 65.6 Å². The van der Waals surface area contributed by atoms with Crippen molar-refractivity contribution >= 4 is 22.8 Å². The number of nitrogens with zero attached hydrogens (tertiary/aromatic N) is 4. The minimum atomic E-state index is -0.192. The van der Waals surface area contributed by atoms with Crippen LogP contribution in [0.4, 0.5) is 5.82 Å². The maximum absolute atomic E-state index is 13.2. The Hall–Kier alpha value is -2.37. The standard InChI is InChI=1S/C21H30N4O2/c1-5-23(6-2)20-21(27)24(18-13-8-7-12-17(18)22-20)14-19(26)25-15(3)10-9-11-16(25)4/h7-8,12-13,15-16H,5-6,9-11,14H2,1-4H3/t15-,16+. The number of hydrogen-bond acceptors (Lipinski definition) is 4. The molecule has 0 spiro atoms. The third-order valence-electron chi connectivity index (χ3n) is 5.67. The number of rotatable bonds is 5. The van der Waals surface area contributed by atoms with Crippen LogP contribution in [0.25, 0.3) is 11.0 Å². The number of amides is 1. The summed E-state index contributed by atoms with van der Waals surface area (Å²) in [6, 6.07) is 7.99. The SMILES string of the molecule is CCN(CC)c1nc2ccccc2n(CC(=O)N2[C@H](C)CCC[C@@H]2C)c1=O. The Labute approximate surface area is 160 Å². The Kier molecular flexibility index (Phi) is 5.82. The number of carbonyl (C=O) groups is 1. The zero-order chi connectivity index (χ0) is 19.6. The lowest BCUT2D eigenvalue weighted by molar-refractivity contribution is -0.137. The molecule has 0 N–H and O–H groups in total. The monoisotopic (exact) mass is 370 g/mol. The van der Waals surface area contributed by atoms with E-state index in [0.29, 0.717) is 24.4 Å².